The third-order valence-electron chi connectivity index (χ3n) is 3.52. The molecule has 104 valence electrons. The van der Waals surface area contributed by atoms with Crippen molar-refractivity contribution in [3.63, 3.8) is 0 Å². The molecule has 1 heterocycles. The zero-order valence-electron chi connectivity index (χ0n) is 11.2. The largest absolute Gasteiger partial charge is 0.479 e. The van der Waals surface area contributed by atoms with Crippen LogP contribution in [-0.4, -0.2) is 29.4 Å². The lowest BCUT2D eigenvalue weighted by atomic mass is 9.99. The molecule has 1 aromatic carbocycles. The Balaban J connectivity index is 1.70. The third kappa shape index (κ3) is 4.04. The van der Waals surface area contributed by atoms with Crippen molar-refractivity contribution in [3.8, 4) is 0 Å². The lowest BCUT2D eigenvalue weighted by Crippen LogP contribution is -2.29. The Morgan fingerprint density at radius 2 is 2.21 bits per heavy atom. The average molecular weight is 264 g/mol. The van der Waals surface area contributed by atoms with Crippen LogP contribution >= 0.6 is 0 Å². The van der Waals surface area contributed by atoms with E-state index in [2.05, 4.69) is 0 Å². The van der Waals surface area contributed by atoms with Gasteiger partial charge in [0.15, 0.2) is 6.10 Å². The van der Waals surface area contributed by atoms with Gasteiger partial charge in [-0.3, -0.25) is 0 Å². The highest BCUT2D eigenvalue weighted by Gasteiger charge is 2.39. The second-order valence-corrected chi connectivity index (χ2v) is 5.22. The van der Waals surface area contributed by atoms with E-state index in [1.54, 1.807) is 0 Å². The van der Waals surface area contributed by atoms with Crippen LogP contribution in [0, 0.1) is 0 Å². The summed E-state index contributed by atoms with van der Waals surface area (Å²) in [5.41, 5.74) is 0.781. The Kier molecular flexibility index (Phi) is 4.56. The van der Waals surface area contributed by atoms with Crippen molar-refractivity contribution in [2.75, 3.05) is 6.61 Å². The van der Waals surface area contributed by atoms with Crippen molar-refractivity contribution >= 4 is 5.97 Å². The smallest absolute Gasteiger partial charge is 0.332 e. The lowest BCUT2D eigenvalue weighted by molar-refractivity contribution is -0.154. The highest BCUT2D eigenvalue weighted by atomic mass is 16.5. The molecule has 1 aliphatic rings. The van der Waals surface area contributed by atoms with Crippen molar-refractivity contribution in [2.24, 2.45) is 0 Å². The van der Waals surface area contributed by atoms with Crippen LogP contribution in [-0.2, 0) is 20.9 Å². The molecule has 0 aromatic heterocycles. The predicted octanol–water partition coefficient (Wildman–Crippen LogP) is 2.62. The van der Waals surface area contributed by atoms with E-state index in [0.29, 0.717) is 19.6 Å². The van der Waals surface area contributed by atoms with Crippen LogP contribution in [0.15, 0.2) is 30.3 Å². The van der Waals surface area contributed by atoms with Crippen molar-refractivity contribution in [2.45, 2.75) is 44.5 Å². The fraction of sp³-hybridized carbons (Fsp3) is 0.533. The monoisotopic (exact) mass is 264 g/mol. The van der Waals surface area contributed by atoms with Crippen molar-refractivity contribution in [3.05, 3.63) is 35.9 Å². The molecule has 4 heteroatoms. The maximum atomic E-state index is 10.8. The van der Waals surface area contributed by atoms with Gasteiger partial charge in [0.25, 0.3) is 0 Å². The molecule has 1 saturated heterocycles. The minimum absolute atomic E-state index is 0.361. The normalized spacial score (nSPS) is 26.5. The summed E-state index contributed by atoms with van der Waals surface area (Å²) < 4.78 is 11.2. The second kappa shape index (κ2) is 6.17. The molecule has 2 rings (SSSR count). The van der Waals surface area contributed by atoms with E-state index in [0.717, 1.165) is 18.4 Å². The number of benzene rings is 1. The summed E-state index contributed by atoms with van der Waals surface area (Å²) in [7, 11) is 0. The van der Waals surface area contributed by atoms with Gasteiger partial charge in [-0.1, -0.05) is 30.3 Å². The molecular formula is C15H20O4. The van der Waals surface area contributed by atoms with Gasteiger partial charge in [0, 0.05) is 6.61 Å². The van der Waals surface area contributed by atoms with Gasteiger partial charge in [0.1, 0.15) is 0 Å². The number of carboxylic acid groups (broad SMARTS) is 1. The Morgan fingerprint density at radius 3 is 2.84 bits per heavy atom. The van der Waals surface area contributed by atoms with Gasteiger partial charge < -0.3 is 14.6 Å². The topological polar surface area (TPSA) is 55.8 Å². The van der Waals surface area contributed by atoms with E-state index < -0.39 is 12.1 Å². The summed E-state index contributed by atoms with van der Waals surface area (Å²) in [5, 5.41) is 8.91. The first-order valence-corrected chi connectivity index (χ1v) is 6.61. The Labute approximate surface area is 113 Å². The van der Waals surface area contributed by atoms with E-state index in [1.807, 2.05) is 37.3 Å². The van der Waals surface area contributed by atoms with Crippen LogP contribution in [0.4, 0.5) is 0 Å². The van der Waals surface area contributed by atoms with Crippen LogP contribution in [0.3, 0.4) is 0 Å². The molecule has 19 heavy (non-hydrogen) atoms. The van der Waals surface area contributed by atoms with Crippen LogP contribution in [0.1, 0.15) is 31.7 Å². The third-order valence-corrected chi connectivity index (χ3v) is 3.52. The first kappa shape index (κ1) is 14.0. The number of hydrogen-bond acceptors (Lipinski definition) is 3. The zero-order valence-corrected chi connectivity index (χ0v) is 11.2. The quantitative estimate of drug-likeness (QED) is 0.802. The van der Waals surface area contributed by atoms with Gasteiger partial charge in [-0.15, -0.1) is 0 Å². The zero-order chi connectivity index (χ0) is 13.7. The maximum Gasteiger partial charge on any atom is 0.332 e. The Bertz CT molecular complexity index is 417. The fourth-order valence-electron chi connectivity index (χ4n) is 2.31. The summed E-state index contributed by atoms with van der Waals surface area (Å²) >= 11 is 0. The molecule has 2 atom stereocenters. The molecule has 0 aliphatic carbocycles. The number of carboxylic acids is 1. The molecular weight excluding hydrogens is 244 g/mol. The highest BCUT2D eigenvalue weighted by molar-refractivity contribution is 5.72. The molecule has 1 N–H and O–H groups in total. The van der Waals surface area contributed by atoms with Gasteiger partial charge in [0.2, 0.25) is 0 Å². The van der Waals surface area contributed by atoms with E-state index in [-0.39, 0.29) is 5.60 Å². The first-order chi connectivity index (χ1) is 9.09. The summed E-state index contributed by atoms with van der Waals surface area (Å²) in [4.78, 5) is 10.8. The number of hydrogen-bond donors (Lipinski definition) is 1. The van der Waals surface area contributed by atoms with Crippen molar-refractivity contribution < 1.29 is 19.4 Å². The first-order valence-electron chi connectivity index (χ1n) is 6.61. The minimum Gasteiger partial charge on any atom is -0.479 e. The van der Waals surface area contributed by atoms with E-state index in [4.69, 9.17) is 14.6 Å². The molecule has 4 nitrogen and oxygen atoms in total. The van der Waals surface area contributed by atoms with Gasteiger partial charge in [-0.25, -0.2) is 4.79 Å². The summed E-state index contributed by atoms with van der Waals surface area (Å²) in [6.07, 6.45) is 1.44. The van der Waals surface area contributed by atoms with Gasteiger partial charge >= 0.3 is 5.97 Å². The lowest BCUT2D eigenvalue weighted by Gasteiger charge is -2.23. The van der Waals surface area contributed by atoms with Crippen LogP contribution < -0.4 is 0 Å². The summed E-state index contributed by atoms with van der Waals surface area (Å²) in [6.45, 7) is 3.12. The molecule has 0 amide bonds. The number of rotatable bonds is 6. The molecule has 1 aliphatic heterocycles. The van der Waals surface area contributed by atoms with E-state index in [1.165, 1.54) is 0 Å². The van der Waals surface area contributed by atoms with Gasteiger partial charge in [-0.05, 0) is 31.7 Å². The Morgan fingerprint density at radius 1 is 1.47 bits per heavy atom. The minimum atomic E-state index is -0.867. The molecule has 0 bridgehead atoms. The molecule has 0 radical (unpaired) electrons. The fourth-order valence-corrected chi connectivity index (χ4v) is 2.31. The SMILES string of the molecule is CC1(CCOCc2ccccc2)CCC(C(=O)O)O1. The number of carbonyl (C=O) groups is 1. The second-order valence-electron chi connectivity index (χ2n) is 5.22. The predicted molar refractivity (Wildman–Crippen MR) is 70.9 cm³/mol. The van der Waals surface area contributed by atoms with Crippen LogP contribution in [0.5, 0.6) is 0 Å². The number of aliphatic carboxylic acids is 1. The Hall–Kier alpha value is -1.39. The van der Waals surface area contributed by atoms with Crippen LogP contribution in [0.2, 0.25) is 0 Å². The standard InChI is InChI=1S/C15H20O4/c1-15(8-7-13(19-15)14(16)17)9-10-18-11-12-5-3-2-4-6-12/h2-6,13H,7-11H2,1H3,(H,16,17). The molecule has 1 aromatic rings. The average Bonchev–Trinajstić information content (AvgIpc) is 2.79. The summed E-state index contributed by atoms with van der Waals surface area (Å²) in [6, 6.07) is 9.99. The van der Waals surface area contributed by atoms with Crippen molar-refractivity contribution in [1.82, 2.24) is 0 Å². The molecule has 2 unspecified atom stereocenters. The van der Waals surface area contributed by atoms with Crippen LogP contribution in [0.25, 0.3) is 0 Å². The van der Waals surface area contributed by atoms with Gasteiger partial charge in [-0.2, -0.15) is 0 Å². The molecule has 1 fully saturated rings. The van der Waals surface area contributed by atoms with E-state index in [9.17, 15) is 4.79 Å². The van der Waals surface area contributed by atoms with Crippen molar-refractivity contribution in [1.29, 1.82) is 0 Å². The molecule has 0 saturated carbocycles. The maximum absolute atomic E-state index is 10.8. The summed E-state index contributed by atoms with van der Waals surface area (Å²) in [5.74, 6) is -0.867. The van der Waals surface area contributed by atoms with E-state index >= 15 is 0 Å². The number of ether oxygens (including phenoxy) is 2. The molecule has 0 spiro atoms. The highest BCUT2D eigenvalue weighted by Crippen LogP contribution is 2.33. The van der Waals surface area contributed by atoms with Gasteiger partial charge in [0.05, 0.1) is 12.2 Å².